The standard InChI is InChI=1S/C6H5N3.HNO2/c1-2-4-6-5(3-1)7-9-8-6;2-1-3/h1-4H,(H,7,8,9);(H,2,3). The molecule has 2 aromatic rings. The Kier molecular flexibility index (Phi) is 2.72. The van der Waals surface area contributed by atoms with Gasteiger partial charge in [0.25, 0.3) is 0 Å². The van der Waals surface area contributed by atoms with E-state index in [1.54, 1.807) is 0 Å². The van der Waals surface area contributed by atoms with Gasteiger partial charge < -0.3 is 5.21 Å². The average molecular weight is 166 g/mol. The predicted molar refractivity (Wildman–Crippen MR) is 41.5 cm³/mol. The zero-order chi connectivity index (χ0) is 8.81. The first-order chi connectivity index (χ1) is 5.88. The molecule has 0 aliphatic carbocycles. The second kappa shape index (κ2) is 4.02. The van der Waals surface area contributed by atoms with Crippen LogP contribution in [0.3, 0.4) is 0 Å². The number of hydrogen-bond donors (Lipinski definition) is 2. The summed E-state index contributed by atoms with van der Waals surface area (Å²) in [5.41, 5.74) is 1.83. The van der Waals surface area contributed by atoms with Gasteiger partial charge in [0.2, 0.25) is 0 Å². The highest BCUT2D eigenvalue weighted by atomic mass is 16.6. The first-order valence-corrected chi connectivity index (χ1v) is 3.10. The van der Waals surface area contributed by atoms with Gasteiger partial charge in [0.05, 0.1) is 0 Å². The Hall–Kier alpha value is -1.98. The van der Waals surface area contributed by atoms with Crippen molar-refractivity contribution in [3.63, 3.8) is 0 Å². The highest BCUT2D eigenvalue weighted by Crippen LogP contribution is 2.03. The van der Waals surface area contributed by atoms with Crippen LogP contribution in [0.4, 0.5) is 0 Å². The van der Waals surface area contributed by atoms with Crippen LogP contribution in [0.25, 0.3) is 11.0 Å². The number of hydrogen-bond acceptors (Lipinski definition) is 4. The Balaban J connectivity index is 0.000000213. The Morgan fingerprint density at radius 3 is 2.08 bits per heavy atom. The molecule has 0 radical (unpaired) electrons. The van der Waals surface area contributed by atoms with Crippen LogP contribution < -0.4 is 0 Å². The monoisotopic (exact) mass is 166 g/mol. The van der Waals surface area contributed by atoms with Crippen LogP contribution in [0.5, 0.6) is 0 Å². The zero-order valence-corrected chi connectivity index (χ0v) is 6.01. The summed E-state index contributed by atoms with van der Waals surface area (Å²) in [5, 5.41) is 18.2. The molecule has 0 saturated carbocycles. The van der Waals surface area contributed by atoms with Gasteiger partial charge in [-0.05, 0) is 12.1 Å². The molecule has 0 aliphatic rings. The molecule has 0 aliphatic heterocycles. The quantitative estimate of drug-likeness (QED) is 0.452. The number of para-hydroxylation sites is 2. The van der Waals surface area contributed by atoms with Crippen molar-refractivity contribution in [1.29, 1.82) is 0 Å². The fourth-order valence-electron chi connectivity index (χ4n) is 0.786. The van der Waals surface area contributed by atoms with Crippen molar-refractivity contribution in [2.75, 3.05) is 0 Å². The molecule has 12 heavy (non-hydrogen) atoms. The van der Waals surface area contributed by atoms with Gasteiger partial charge >= 0.3 is 0 Å². The van der Waals surface area contributed by atoms with E-state index in [0.717, 1.165) is 11.0 Å². The summed E-state index contributed by atoms with van der Waals surface area (Å²) >= 11 is 0. The second-order valence-corrected chi connectivity index (χ2v) is 1.89. The van der Waals surface area contributed by atoms with Crippen LogP contribution >= 0.6 is 0 Å². The number of fused-ring (bicyclic) bond motifs is 1. The molecule has 0 fully saturated rings. The summed E-state index contributed by atoms with van der Waals surface area (Å²) in [7, 11) is 0. The molecule has 0 spiro atoms. The Morgan fingerprint density at radius 1 is 1.25 bits per heavy atom. The molecule has 0 saturated heterocycles. The molecule has 1 aromatic carbocycles. The van der Waals surface area contributed by atoms with E-state index in [0.29, 0.717) is 0 Å². The van der Waals surface area contributed by atoms with Crippen LogP contribution in [0.1, 0.15) is 0 Å². The summed E-state index contributed by atoms with van der Waals surface area (Å²) in [6, 6.07) is 7.70. The van der Waals surface area contributed by atoms with E-state index in [9.17, 15) is 0 Å². The predicted octanol–water partition coefficient (Wildman–Crippen LogP) is 1.10. The Morgan fingerprint density at radius 2 is 1.67 bits per heavy atom. The van der Waals surface area contributed by atoms with Crippen molar-refractivity contribution in [3.8, 4) is 0 Å². The van der Waals surface area contributed by atoms with E-state index < -0.39 is 0 Å². The third kappa shape index (κ3) is 1.75. The highest BCUT2D eigenvalue weighted by molar-refractivity contribution is 5.72. The van der Waals surface area contributed by atoms with E-state index in [4.69, 9.17) is 10.1 Å². The van der Waals surface area contributed by atoms with Gasteiger partial charge in [-0.2, -0.15) is 15.4 Å². The van der Waals surface area contributed by atoms with E-state index in [2.05, 4.69) is 15.4 Å². The number of nitrogens with zero attached hydrogens (tertiary/aromatic N) is 3. The van der Waals surface area contributed by atoms with Gasteiger partial charge in [0.1, 0.15) is 11.0 Å². The maximum Gasteiger partial charge on any atom is 0.152 e. The van der Waals surface area contributed by atoms with Crippen LogP contribution in [0.15, 0.2) is 29.6 Å². The van der Waals surface area contributed by atoms with E-state index in [-0.39, 0.29) is 0 Å². The third-order valence-electron chi connectivity index (χ3n) is 1.22. The molecule has 62 valence electrons. The van der Waals surface area contributed by atoms with Gasteiger partial charge in [0, 0.05) is 0 Å². The van der Waals surface area contributed by atoms with E-state index >= 15 is 0 Å². The molecule has 1 heterocycles. The minimum atomic E-state index is 0.914. The van der Waals surface area contributed by atoms with Crippen LogP contribution in [0, 0.1) is 4.91 Å². The van der Waals surface area contributed by atoms with Crippen LogP contribution in [-0.4, -0.2) is 20.6 Å². The van der Waals surface area contributed by atoms with Gasteiger partial charge in [-0.3, -0.25) is 0 Å². The van der Waals surface area contributed by atoms with Crippen molar-refractivity contribution in [3.05, 3.63) is 29.2 Å². The number of aromatic amines is 1. The number of aromatic nitrogens is 3. The minimum absolute atomic E-state index is 0.914. The lowest BCUT2D eigenvalue weighted by molar-refractivity contribution is 0.312. The number of H-pyrrole nitrogens is 1. The smallest absolute Gasteiger partial charge is 0.152 e. The summed E-state index contributed by atoms with van der Waals surface area (Å²) in [5.74, 6) is 0. The number of rotatable bonds is 0. The summed E-state index contributed by atoms with van der Waals surface area (Å²) in [6.45, 7) is 0. The number of nitrogens with one attached hydrogen (secondary N) is 1. The lowest BCUT2D eigenvalue weighted by Crippen LogP contribution is -1.63. The SMILES string of the molecule is O=NO.c1ccc2n[nH]nc2c1. The minimum Gasteiger partial charge on any atom is -0.379 e. The van der Waals surface area contributed by atoms with Crippen molar-refractivity contribution >= 4 is 11.0 Å². The highest BCUT2D eigenvalue weighted by Gasteiger charge is 1.90. The van der Waals surface area contributed by atoms with Crippen LogP contribution in [0.2, 0.25) is 0 Å². The fraction of sp³-hybridized carbons (Fsp3) is 0. The second-order valence-electron chi connectivity index (χ2n) is 1.89. The van der Waals surface area contributed by atoms with Gasteiger partial charge in [0.15, 0.2) is 5.34 Å². The molecular weight excluding hydrogens is 160 g/mol. The Bertz CT molecular complexity index is 329. The van der Waals surface area contributed by atoms with Gasteiger partial charge in [-0.15, -0.1) is 4.91 Å². The van der Waals surface area contributed by atoms with E-state index in [1.807, 2.05) is 24.3 Å². The third-order valence-corrected chi connectivity index (χ3v) is 1.22. The topological polar surface area (TPSA) is 91.2 Å². The van der Waals surface area contributed by atoms with Crippen molar-refractivity contribution in [2.24, 2.45) is 5.34 Å². The molecular formula is C6H6N4O2. The molecule has 1 aromatic heterocycles. The Labute approximate surface area is 67.1 Å². The molecule has 6 nitrogen and oxygen atoms in total. The molecule has 6 heteroatoms. The molecule has 2 rings (SSSR count). The lowest BCUT2D eigenvalue weighted by Gasteiger charge is -1.78. The lowest BCUT2D eigenvalue weighted by atomic mass is 10.3. The molecule has 0 bridgehead atoms. The summed E-state index contributed by atoms with van der Waals surface area (Å²) in [6.07, 6.45) is 0. The average Bonchev–Trinajstić information content (AvgIpc) is 2.52. The molecule has 0 amide bonds. The molecule has 0 unspecified atom stereocenters. The van der Waals surface area contributed by atoms with E-state index in [1.165, 1.54) is 5.34 Å². The van der Waals surface area contributed by atoms with Gasteiger partial charge in [-0.25, -0.2) is 0 Å². The van der Waals surface area contributed by atoms with Gasteiger partial charge in [-0.1, -0.05) is 12.1 Å². The summed E-state index contributed by atoms with van der Waals surface area (Å²) < 4.78 is 0. The van der Waals surface area contributed by atoms with Crippen molar-refractivity contribution < 1.29 is 5.21 Å². The first kappa shape index (κ1) is 8.12. The zero-order valence-electron chi connectivity index (χ0n) is 6.01. The normalized spacial score (nSPS) is 8.67. The molecule has 2 N–H and O–H groups in total. The largest absolute Gasteiger partial charge is 0.379 e. The van der Waals surface area contributed by atoms with Crippen molar-refractivity contribution in [1.82, 2.24) is 15.4 Å². The van der Waals surface area contributed by atoms with Crippen LogP contribution in [-0.2, 0) is 0 Å². The van der Waals surface area contributed by atoms with Crippen molar-refractivity contribution in [2.45, 2.75) is 0 Å². The summed E-state index contributed by atoms with van der Waals surface area (Å²) in [4.78, 5) is 8.11. The number of benzene rings is 1. The fourth-order valence-corrected chi connectivity index (χ4v) is 0.786. The maximum absolute atomic E-state index is 8.11. The first-order valence-electron chi connectivity index (χ1n) is 3.10. The maximum atomic E-state index is 8.11. The molecule has 0 atom stereocenters.